The molecule has 6 heteroatoms. The van der Waals surface area contributed by atoms with Crippen molar-refractivity contribution in [2.75, 3.05) is 20.1 Å². The molecule has 0 bridgehead atoms. The number of nitrogens with one attached hydrogen (secondary N) is 3. The molecule has 1 amide bonds. The second-order valence-electron chi connectivity index (χ2n) is 4.39. The predicted molar refractivity (Wildman–Crippen MR) is 82.3 cm³/mol. The molecule has 0 unspecified atom stereocenters. The number of aromatic amines is 1. The Morgan fingerprint density at radius 1 is 1.25 bits per heavy atom. The number of hydrogen-bond acceptors (Lipinski definition) is 3. The van der Waals surface area contributed by atoms with Gasteiger partial charge in [-0.3, -0.25) is 9.89 Å². The zero-order valence-electron chi connectivity index (χ0n) is 11.6. The topological polar surface area (TPSA) is 69.8 Å². The summed E-state index contributed by atoms with van der Waals surface area (Å²) < 4.78 is 0. The molecule has 108 valence electrons. The van der Waals surface area contributed by atoms with Gasteiger partial charge in [-0.25, -0.2) is 0 Å². The van der Waals surface area contributed by atoms with Crippen LogP contribution in [0.1, 0.15) is 16.1 Å². The van der Waals surface area contributed by atoms with Gasteiger partial charge in [-0.1, -0.05) is 29.8 Å². The molecule has 0 saturated carbocycles. The predicted octanol–water partition coefficient (Wildman–Crippen LogP) is 1.76. The first-order valence-corrected chi connectivity index (χ1v) is 6.26. The minimum Gasteiger partial charge on any atom is -0.349 e. The Labute approximate surface area is 124 Å². The van der Waals surface area contributed by atoms with Crippen molar-refractivity contribution in [3.8, 4) is 11.3 Å². The SMILES string of the molecule is CNCCNC(=O)c1cc(-c2ccc(C)cc2)n[nH]1.Cl. The lowest BCUT2D eigenvalue weighted by Crippen LogP contribution is -2.30. The van der Waals surface area contributed by atoms with Gasteiger partial charge in [0.05, 0.1) is 5.69 Å². The number of likely N-dealkylation sites (N-methyl/N-ethyl adjacent to an activating group) is 1. The lowest BCUT2D eigenvalue weighted by atomic mass is 10.1. The molecule has 0 radical (unpaired) electrons. The summed E-state index contributed by atoms with van der Waals surface area (Å²) in [7, 11) is 1.85. The Morgan fingerprint density at radius 2 is 1.95 bits per heavy atom. The van der Waals surface area contributed by atoms with Crippen LogP contribution in [0.3, 0.4) is 0 Å². The molecule has 3 N–H and O–H groups in total. The summed E-state index contributed by atoms with van der Waals surface area (Å²) >= 11 is 0. The highest BCUT2D eigenvalue weighted by atomic mass is 35.5. The van der Waals surface area contributed by atoms with E-state index in [2.05, 4.69) is 20.8 Å². The second kappa shape index (κ2) is 7.67. The lowest BCUT2D eigenvalue weighted by Gasteiger charge is -2.01. The van der Waals surface area contributed by atoms with Gasteiger partial charge in [0.2, 0.25) is 0 Å². The first kappa shape index (κ1) is 16.2. The molecule has 0 saturated heterocycles. The zero-order chi connectivity index (χ0) is 13.7. The third-order valence-corrected chi connectivity index (χ3v) is 2.83. The molecule has 0 atom stereocenters. The van der Waals surface area contributed by atoms with Gasteiger partial charge in [-0.2, -0.15) is 5.10 Å². The van der Waals surface area contributed by atoms with Gasteiger partial charge in [0.25, 0.3) is 5.91 Å². The number of carbonyl (C=O) groups is 1. The standard InChI is InChI=1S/C14H18N4O.ClH/c1-10-3-5-11(6-4-10)12-9-13(18-17-12)14(19)16-8-7-15-2;/h3-6,9,15H,7-8H2,1-2H3,(H,16,19)(H,17,18);1H. The lowest BCUT2D eigenvalue weighted by molar-refractivity contribution is 0.0949. The summed E-state index contributed by atoms with van der Waals surface area (Å²) in [5, 5.41) is 12.7. The summed E-state index contributed by atoms with van der Waals surface area (Å²) in [6, 6.07) is 9.80. The molecular formula is C14H19ClN4O. The summed E-state index contributed by atoms with van der Waals surface area (Å²) in [6.45, 7) is 3.37. The molecule has 0 aliphatic heterocycles. The first-order chi connectivity index (χ1) is 9.20. The van der Waals surface area contributed by atoms with E-state index in [4.69, 9.17) is 0 Å². The van der Waals surface area contributed by atoms with E-state index < -0.39 is 0 Å². The van der Waals surface area contributed by atoms with Crippen LogP contribution in [0.2, 0.25) is 0 Å². The van der Waals surface area contributed by atoms with Gasteiger partial charge in [0.1, 0.15) is 5.69 Å². The molecule has 2 rings (SSSR count). The highest BCUT2D eigenvalue weighted by Crippen LogP contribution is 2.17. The number of aromatic nitrogens is 2. The van der Waals surface area contributed by atoms with E-state index in [9.17, 15) is 4.79 Å². The van der Waals surface area contributed by atoms with Crippen LogP contribution in [0.5, 0.6) is 0 Å². The maximum absolute atomic E-state index is 11.8. The maximum Gasteiger partial charge on any atom is 0.269 e. The van der Waals surface area contributed by atoms with Crippen molar-refractivity contribution >= 4 is 18.3 Å². The van der Waals surface area contributed by atoms with Crippen molar-refractivity contribution in [2.45, 2.75) is 6.92 Å². The molecule has 1 aromatic carbocycles. The third-order valence-electron chi connectivity index (χ3n) is 2.83. The highest BCUT2D eigenvalue weighted by molar-refractivity contribution is 5.93. The number of benzene rings is 1. The number of aryl methyl sites for hydroxylation is 1. The smallest absolute Gasteiger partial charge is 0.269 e. The number of nitrogens with zero attached hydrogens (tertiary/aromatic N) is 1. The largest absolute Gasteiger partial charge is 0.349 e. The fourth-order valence-electron chi connectivity index (χ4n) is 1.71. The maximum atomic E-state index is 11.8. The summed E-state index contributed by atoms with van der Waals surface area (Å²) in [5.41, 5.74) is 3.45. The van der Waals surface area contributed by atoms with Crippen LogP contribution in [0, 0.1) is 6.92 Å². The molecule has 5 nitrogen and oxygen atoms in total. The number of amides is 1. The van der Waals surface area contributed by atoms with E-state index in [0.717, 1.165) is 17.8 Å². The van der Waals surface area contributed by atoms with E-state index in [1.54, 1.807) is 6.07 Å². The van der Waals surface area contributed by atoms with E-state index >= 15 is 0 Å². The first-order valence-electron chi connectivity index (χ1n) is 6.26. The summed E-state index contributed by atoms with van der Waals surface area (Å²) in [6.07, 6.45) is 0. The number of halogens is 1. The number of rotatable bonds is 5. The van der Waals surface area contributed by atoms with E-state index in [1.165, 1.54) is 5.56 Å². The van der Waals surface area contributed by atoms with Crippen LogP contribution in [0.4, 0.5) is 0 Å². The molecule has 20 heavy (non-hydrogen) atoms. The van der Waals surface area contributed by atoms with Crippen molar-refractivity contribution in [3.63, 3.8) is 0 Å². The Bertz CT molecular complexity index is 551. The quantitative estimate of drug-likeness (QED) is 0.736. The van der Waals surface area contributed by atoms with E-state index in [1.807, 2.05) is 38.2 Å². The van der Waals surface area contributed by atoms with Crippen LogP contribution in [-0.2, 0) is 0 Å². The molecule has 0 fully saturated rings. The van der Waals surface area contributed by atoms with Crippen molar-refractivity contribution < 1.29 is 4.79 Å². The summed E-state index contributed by atoms with van der Waals surface area (Å²) in [4.78, 5) is 11.8. The normalized spacial score (nSPS) is 9.90. The van der Waals surface area contributed by atoms with Crippen LogP contribution >= 0.6 is 12.4 Å². The van der Waals surface area contributed by atoms with Crippen molar-refractivity contribution in [1.29, 1.82) is 0 Å². The van der Waals surface area contributed by atoms with Crippen LogP contribution in [0.15, 0.2) is 30.3 Å². The minimum atomic E-state index is -0.138. The monoisotopic (exact) mass is 294 g/mol. The molecule has 1 heterocycles. The molecule has 1 aromatic heterocycles. The van der Waals surface area contributed by atoms with Gasteiger partial charge >= 0.3 is 0 Å². The molecule has 0 aliphatic rings. The Hall–Kier alpha value is -1.85. The van der Waals surface area contributed by atoms with E-state index in [-0.39, 0.29) is 18.3 Å². The molecule has 0 aliphatic carbocycles. The van der Waals surface area contributed by atoms with E-state index in [0.29, 0.717) is 12.2 Å². The minimum absolute atomic E-state index is 0. The average Bonchev–Trinajstić information content (AvgIpc) is 2.89. The molecule has 2 aromatic rings. The van der Waals surface area contributed by atoms with Crippen molar-refractivity contribution in [1.82, 2.24) is 20.8 Å². The molecule has 0 spiro atoms. The Balaban J connectivity index is 0.00000200. The van der Waals surface area contributed by atoms with Gasteiger partial charge in [-0.15, -0.1) is 12.4 Å². The highest BCUT2D eigenvalue weighted by Gasteiger charge is 2.10. The van der Waals surface area contributed by atoms with Gasteiger partial charge in [0, 0.05) is 18.7 Å². The fraction of sp³-hybridized carbons (Fsp3) is 0.286. The average molecular weight is 295 g/mol. The van der Waals surface area contributed by atoms with Gasteiger partial charge in [-0.05, 0) is 20.0 Å². The fourth-order valence-corrected chi connectivity index (χ4v) is 1.71. The van der Waals surface area contributed by atoms with Crippen LogP contribution < -0.4 is 10.6 Å². The third kappa shape index (κ3) is 4.08. The zero-order valence-corrected chi connectivity index (χ0v) is 12.4. The van der Waals surface area contributed by atoms with Gasteiger partial charge in [0.15, 0.2) is 0 Å². The molecular weight excluding hydrogens is 276 g/mol. The summed E-state index contributed by atoms with van der Waals surface area (Å²) in [5.74, 6) is -0.138. The van der Waals surface area contributed by atoms with Crippen LogP contribution in [0.25, 0.3) is 11.3 Å². The number of carbonyl (C=O) groups excluding carboxylic acids is 1. The number of H-pyrrole nitrogens is 1. The number of hydrogen-bond donors (Lipinski definition) is 3. The Kier molecular flexibility index (Phi) is 6.21. The van der Waals surface area contributed by atoms with Crippen molar-refractivity contribution in [2.24, 2.45) is 0 Å². The van der Waals surface area contributed by atoms with Crippen LogP contribution in [-0.4, -0.2) is 36.2 Å². The van der Waals surface area contributed by atoms with Gasteiger partial charge < -0.3 is 10.6 Å². The Morgan fingerprint density at radius 3 is 2.60 bits per heavy atom. The second-order valence-corrected chi connectivity index (χ2v) is 4.39. The van der Waals surface area contributed by atoms with Crippen molar-refractivity contribution in [3.05, 3.63) is 41.6 Å².